The first-order valence-corrected chi connectivity index (χ1v) is 10.2. The molecular formula is C24H25N3O2. The fourth-order valence-electron chi connectivity index (χ4n) is 3.92. The Morgan fingerprint density at radius 1 is 1.14 bits per heavy atom. The smallest absolute Gasteiger partial charge is 0.356 e. The number of benzene rings is 1. The van der Waals surface area contributed by atoms with Crippen LogP contribution >= 0.6 is 0 Å². The van der Waals surface area contributed by atoms with E-state index >= 15 is 0 Å². The van der Waals surface area contributed by atoms with Gasteiger partial charge in [-0.15, -0.1) is 0 Å². The van der Waals surface area contributed by atoms with Crippen molar-refractivity contribution >= 4 is 5.97 Å². The number of aromatic nitrogens is 2. The number of hydrogen-bond acceptors (Lipinski definition) is 5. The molecule has 0 amide bonds. The number of carbonyl (C=O) groups excluding carboxylic acids is 1. The molecule has 0 spiro atoms. The highest BCUT2D eigenvalue weighted by Gasteiger charge is 2.28. The molecule has 1 N–H and O–H groups in total. The first-order chi connectivity index (χ1) is 14.2. The van der Waals surface area contributed by atoms with Crippen molar-refractivity contribution in [3.8, 4) is 22.4 Å². The van der Waals surface area contributed by atoms with Gasteiger partial charge in [0.25, 0.3) is 0 Å². The van der Waals surface area contributed by atoms with Crippen molar-refractivity contribution < 1.29 is 9.53 Å². The van der Waals surface area contributed by atoms with Crippen molar-refractivity contribution in [2.45, 2.75) is 39.3 Å². The SMILES string of the molecule is CCC[C@H]1NCc2cc(C(=O)OCC)nc(-c3cccc(-c4cccnc4)c3)c21. The quantitative estimate of drug-likeness (QED) is 0.608. The van der Waals surface area contributed by atoms with Crippen LogP contribution in [0.25, 0.3) is 22.4 Å². The highest BCUT2D eigenvalue weighted by atomic mass is 16.5. The second-order valence-corrected chi connectivity index (χ2v) is 7.19. The zero-order chi connectivity index (χ0) is 20.2. The summed E-state index contributed by atoms with van der Waals surface area (Å²) in [5.74, 6) is -0.376. The summed E-state index contributed by atoms with van der Waals surface area (Å²) in [6, 6.07) is 14.4. The highest BCUT2D eigenvalue weighted by molar-refractivity contribution is 5.89. The van der Waals surface area contributed by atoms with Crippen molar-refractivity contribution in [3.63, 3.8) is 0 Å². The number of nitrogens with one attached hydrogen (secondary N) is 1. The average molecular weight is 387 g/mol. The number of hydrogen-bond donors (Lipinski definition) is 1. The first kappa shape index (κ1) is 19.3. The molecule has 1 aliphatic rings. The van der Waals surface area contributed by atoms with Crippen LogP contribution in [0.1, 0.15) is 54.3 Å². The number of nitrogens with zero attached hydrogens (tertiary/aromatic N) is 2. The van der Waals surface area contributed by atoms with Crippen LogP contribution in [0.5, 0.6) is 0 Å². The highest BCUT2D eigenvalue weighted by Crippen LogP contribution is 2.37. The molecule has 4 rings (SSSR count). The molecular weight excluding hydrogens is 362 g/mol. The lowest BCUT2D eigenvalue weighted by molar-refractivity contribution is 0.0519. The maximum atomic E-state index is 12.4. The number of esters is 1. The fraction of sp³-hybridized carbons (Fsp3) is 0.292. The largest absolute Gasteiger partial charge is 0.461 e. The van der Waals surface area contributed by atoms with Gasteiger partial charge < -0.3 is 10.1 Å². The summed E-state index contributed by atoms with van der Waals surface area (Å²) in [7, 11) is 0. The van der Waals surface area contributed by atoms with Gasteiger partial charge in [-0.3, -0.25) is 4.98 Å². The van der Waals surface area contributed by atoms with Crippen LogP contribution in [0, 0.1) is 0 Å². The molecule has 1 aliphatic heterocycles. The van der Waals surface area contributed by atoms with E-state index < -0.39 is 0 Å². The minimum Gasteiger partial charge on any atom is -0.461 e. The summed E-state index contributed by atoms with van der Waals surface area (Å²) in [6.07, 6.45) is 5.73. The van der Waals surface area contributed by atoms with Gasteiger partial charge in [-0.05, 0) is 48.2 Å². The topological polar surface area (TPSA) is 64.1 Å². The van der Waals surface area contributed by atoms with Gasteiger partial charge in [-0.2, -0.15) is 0 Å². The van der Waals surface area contributed by atoms with Gasteiger partial charge >= 0.3 is 5.97 Å². The zero-order valence-electron chi connectivity index (χ0n) is 16.8. The summed E-state index contributed by atoms with van der Waals surface area (Å²) in [6.45, 7) is 5.06. The Morgan fingerprint density at radius 2 is 1.97 bits per heavy atom. The van der Waals surface area contributed by atoms with E-state index in [9.17, 15) is 4.79 Å². The van der Waals surface area contributed by atoms with Gasteiger partial charge in [-0.1, -0.05) is 37.6 Å². The molecule has 3 aromatic rings. The van der Waals surface area contributed by atoms with Crippen LogP contribution in [0.3, 0.4) is 0 Å². The lowest BCUT2D eigenvalue weighted by Gasteiger charge is -2.16. The Kier molecular flexibility index (Phi) is 5.67. The molecule has 5 heteroatoms. The lowest BCUT2D eigenvalue weighted by Crippen LogP contribution is -2.13. The van der Waals surface area contributed by atoms with Crippen LogP contribution in [0.4, 0.5) is 0 Å². The summed E-state index contributed by atoms with van der Waals surface area (Å²) in [4.78, 5) is 21.4. The van der Waals surface area contributed by atoms with Crippen LogP contribution in [-0.4, -0.2) is 22.5 Å². The van der Waals surface area contributed by atoms with Crippen molar-refractivity contribution in [2.75, 3.05) is 6.61 Å². The maximum absolute atomic E-state index is 12.4. The molecule has 0 saturated heterocycles. The molecule has 2 aromatic heterocycles. The zero-order valence-corrected chi connectivity index (χ0v) is 16.8. The van der Waals surface area contributed by atoms with Gasteiger partial charge in [0.2, 0.25) is 0 Å². The molecule has 148 valence electrons. The Morgan fingerprint density at radius 3 is 2.72 bits per heavy atom. The standard InChI is InChI=1S/C24H25N3O2/c1-3-7-20-22-19(15-26-20)13-21(24(28)29-4-2)27-23(22)17-9-5-8-16(12-17)18-10-6-11-25-14-18/h5-6,8-14,20,26H,3-4,7,15H2,1-2H3/t20-/m1/s1. The number of fused-ring (bicyclic) bond motifs is 1. The summed E-state index contributed by atoms with van der Waals surface area (Å²) in [5, 5.41) is 3.58. The van der Waals surface area contributed by atoms with Gasteiger partial charge in [0.15, 0.2) is 0 Å². The molecule has 0 aliphatic carbocycles. The van der Waals surface area contributed by atoms with Crippen LogP contribution < -0.4 is 5.32 Å². The number of pyridine rings is 2. The van der Waals surface area contributed by atoms with Gasteiger partial charge in [0.1, 0.15) is 5.69 Å². The molecule has 0 fully saturated rings. The molecule has 5 nitrogen and oxygen atoms in total. The third-order valence-electron chi connectivity index (χ3n) is 5.22. The Balaban J connectivity index is 1.85. The van der Waals surface area contributed by atoms with E-state index in [-0.39, 0.29) is 12.0 Å². The maximum Gasteiger partial charge on any atom is 0.356 e. The Labute approximate surface area is 171 Å². The van der Waals surface area contributed by atoms with Gasteiger partial charge in [0.05, 0.1) is 12.3 Å². The molecule has 1 atom stereocenters. The monoisotopic (exact) mass is 387 g/mol. The molecule has 29 heavy (non-hydrogen) atoms. The molecule has 3 heterocycles. The third-order valence-corrected chi connectivity index (χ3v) is 5.22. The first-order valence-electron chi connectivity index (χ1n) is 10.2. The summed E-state index contributed by atoms with van der Waals surface area (Å²) in [5.41, 5.74) is 6.68. The van der Waals surface area contributed by atoms with E-state index in [0.29, 0.717) is 12.3 Å². The average Bonchev–Trinajstić information content (AvgIpc) is 3.17. The lowest BCUT2D eigenvalue weighted by atomic mass is 9.94. The van der Waals surface area contributed by atoms with Crippen LogP contribution in [0.2, 0.25) is 0 Å². The van der Waals surface area contributed by atoms with Crippen molar-refractivity contribution in [1.29, 1.82) is 0 Å². The van der Waals surface area contributed by atoms with E-state index in [0.717, 1.165) is 47.3 Å². The van der Waals surface area contributed by atoms with Crippen LogP contribution in [-0.2, 0) is 11.3 Å². The van der Waals surface area contributed by atoms with E-state index in [1.54, 1.807) is 6.20 Å². The summed E-state index contributed by atoms with van der Waals surface area (Å²) >= 11 is 0. The van der Waals surface area contributed by atoms with Crippen molar-refractivity contribution in [2.24, 2.45) is 0 Å². The number of rotatable bonds is 6. The second-order valence-electron chi connectivity index (χ2n) is 7.19. The minimum absolute atomic E-state index is 0.246. The van der Waals surface area contributed by atoms with Crippen LogP contribution in [0.15, 0.2) is 54.9 Å². The molecule has 0 radical (unpaired) electrons. The Hall–Kier alpha value is -3.05. The Bertz CT molecular complexity index is 1020. The normalized spacial score (nSPS) is 15.2. The molecule has 0 unspecified atom stereocenters. The third kappa shape index (κ3) is 3.91. The van der Waals surface area contributed by atoms with E-state index in [2.05, 4.69) is 35.4 Å². The van der Waals surface area contributed by atoms with E-state index in [1.165, 1.54) is 5.56 Å². The van der Waals surface area contributed by atoms with Crippen molar-refractivity contribution in [1.82, 2.24) is 15.3 Å². The van der Waals surface area contributed by atoms with Crippen molar-refractivity contribution in [3.05, 3.63) is 71.7 Å². The number of carbonyl (C=O) groups is 1. The van der Waals surface area contributed by atoms with E-state index in [4.69, 9.17) is 9.72 Å². The minimum atomic E-state index is -0.376. The predicted molar refractivity (Wildman–Crippen MR) is 113 cm³/mol. The van der Waals surface area contributed by atoms with Gasteiger partial charge in [-0.25, -0.2) is 9.78 Å². The van der Waals surface area contributed by atoms with E-state index in [1.807, 2.05) is 37.4 Å². The fourth-order valence-corrected chi connectivity index (χ4v) is 3.92. The molecule has 0 bridgehead atoms. The number of ether oxygens (including phenoxy) is 1. The second kappa shape index (κ2) is 8.53. The summed E-state index contributed by atoms with van der Waals surface area (Å²) < 4.78 is 5.22. The predicted octanol–water partition coefficient (Wildman–Crippen LogP) is 4.93. The molecule has 0 saturated carbocycles. The molecule has 1 aromatic carbocycles. The van der Waals surface area contributed by atoms with Gasteiger partial charge in [0, 0.05) is 36.1 Å².